The second-order valence-electron chi connectivity index (χ2n) is 8.67. The van der Waals surface area contributed by atoms with Crippen molar-refractivity contribution in [3.63, 3.8) is 0 Å². The molecule has 0 aliphatic rings. The molecule has 0 saturated heterocycles. The fourth-order valence-corrected chi connectivity index (χ4v) is 3.49. The van der Waals surface area contributed by atoms with Crippen molar-refractivity contribution in [1.29, 1.82) is 0 Å². The largest absolute Gasteiger partial charge is 0.444 e. The molecule has 29 heavy (non-hydrogen) atoms. The van der Waals surface area contributed by atoms with Crippen molar-refractivity contribution >= 4 is 6.09 Å². The summed E-state index contributed by atoms with van der Waals surface area (Å²) in [7, 11) is 0. The Labute approximate surface area is 173 Å². The van der Waals surface area contributed by atoms with Gasteiger partial charge in [0.25, 0.3) is 0 Å². The highest BCUT2D eigenvalue weighted by Gasteiger charge is 2.21. The summed E-state index contributed by atoms with van der Waals surface area (Å²) in [5.74, 6) is 0.676. The standard InChI is InChI=1S/C25H30N2O2/c1-17-8-7-9-22(18(17)2)19(3)23-26-14-15-27(23)24(28)29-16-20-10-12-21(13-11-20)25(4,5)6/h7-15,19H,16H2,1-6H3/t19-/m0/s1. The monoisotopic (exact) mass is 390 g/mol. The molecule has 0 unspecified atom stereocenters. The zero-order valence-corrected chi connectivity index (χ0v) is 18.2. The van der Waals surface area contributed by atoms with Crippen molar-refractivity contribution < 1.29 is 9.53 Å². The molecule has 0 aliphatic carbocycles. The van der Waals surface area contributed by atoms with Gasteiger partial charge < -0.3 is 4.74 Å². The summed E-state index contributed by atoms with van der Waals surface area (Å²) < 4.78 is 7.07. The van der Waals surface area contributed by atoms with E-state index < -0.39 is 6.09 Å². The van der Waals surface area contributed by atoms with Gasteiger partial charge in [-0.25, -0.2) is 14.3 Å². The van der Waals surface area contributed by atoms with E-state index in [-0.39, 0.29) is 17.9 Å². The lowest BCUT2D eigenvalue weighted by molar-refractivity contribution is 0.140. The minimum Gasteiger partial charge on any atom is -0.444 e. The summed E-state index contributed by atoms with van der Waals surface area (Å²) >= 11 is 0. The van der Waals surface area contributed by atoms with Gasteiger partial charge in [0.15, 0.2) is 0 Å². The number of benzene rings is 2. The van der Waals surface area contributed by atoms with Crippen LogP contribution >= 0.6 is 0 Å². The van der Waals surface area contributed by atoms with Gasteiger partial charge in [0, 0.05) is 18.3 Å². The van der Waals surface area contributed by atoms with E-state index in [9.17, 15) is 4.79 Å². The lowest BCUT2D eigenvalue weighted by atomic mass is 9.87. The van der Waals surface area contributed by atoms with Crippen molar-refractivity contribution in [1.82, 2.24) is 9.55 Å². The van der Waals surface area contributed by atoms with Gasteiger partial charge in [-0.05, 0) is 47.1 Å². The topological polar surface area (TPSA) is 44.1 Å². The van der Waals surface area contributed by atoms with E-state index >= 15 is 0 Å². The first-order chi connectivity index (χ1) is 13.7. The predicted octanol–water partition coefficient (Wildman–Crippen LogP) is 6.13. The number of aromatic nitrogens is 2. The zero-order valence-electron chi connectivity index (χ0n) is 18.2. The van der Waals surface area contributed by atoms with Crippen molar-refractivity contribution in [2.24, 2.45) is 0 Å². The van der Waals surface area contributed by atoms with Gasteiger partial charge in [-0.3, -0.25) is 0 Å². The third kappa shape index (κ3) is 4.58. The maximum Gasteiger partial charge on any atom is 0.419 e. The first-order valence-electron chi connectivity index (χ1n) is 10.0. The minimum atomic E-state index is -0.408. The number of ether oxygens (including phenoxy) is 1. The van der Waals surface area contributed by atoms with Crippen molar-refractivity contribution in [2.75, 3.05) is 0 Å². The molecule has 1 atom stereocenters. The van der Waals surface area contributed by atoms with Gasteiger partial charge in [0.05, 0.1) is 0 Å². The summed E-state index contributed by atoms with van der Waals surface area (Å²) in [5.41, 5.74) is 5.95. The summed E-state index contributed by atoms with van der Waals surface area (Å²) in [5, 5.41) is 0. The van der Waals surface area contributed by atoms with E-state index in [2.05, 4.69) is 70.8 Å². The SMILES string of the molecule is Cc1cccc([C@H](C)c2nccn2C(=O)OCc2ccc(C(C)(C)C)cc2)c1C. The van der Waals surface area contributed by atoms with Crippen LogP contribution in [0.2, 0.25) is 0 Å². The molecule has 0 fully saturated rings. The van der Waals surface area contributed by atoms with Crippen LogP contribution in [0.15, 0.2) is 54.9 Å². The molecule has 0 radical (unpaired) electrons. The summed E-state index contributed by atoms with van der Waals surface area (Å²) in [6, 6.07) is 14.4. The molecule has 4 nitrogen and oxygen atoms in total. The summed E-state index contributed by atoms with van der Waals surface area (Å²) in [4.78, 5) is 17.2. The molecule has 152 valence electrons. The quantitative estimate of drug-likeness (QED) is 0.538. The van der Waals surface area contributed by atoms with Crippen LogP contribution in [0.1, 0.15) is 67.3 Å². The predicted molar refractivity (Wildman–Crippen MR) is 116 cm³/mol. The van der Waals surface area contributed by atoms with Gasteiger partial charge in [-0.1, -0.05) is 70.2 Å². The van der Waals surface area contributed by atoms with E-state index in [1.807, 2.05) is 18.2 Å². The maximum absolute atomic E-state index is 12.7. The number of carbonyl (C=O) groups excluding carboxylic acids is 1. The van der Waals surface area contributed by atoms with Crippen LogP contribution in [0.25, 0.3) is 0 Å². The summed E-state index contributed by atoms with van der Waals surface area (Å²) in [6.45, 7) is 13.0. The van der Waals surface area contributed by atoms with E-state index in [1.54, 1.807) is 12.4 Å². The van der Waals surface area contributed by atoms with Crippen LogP contribution in [0.4, 0.5) is 4.79 Å². The van der Waals surface area contributed by atoms with Crippen LogP contribution in [-0.2, 0) is 16.8 Å². The van der Waals surface area contributed by atoms with Crippen LogP contribution in [0, 0.1) is 13.8 Å². The molecule has 0 aliphatic heterocycles. The van der Waals surface area contributed by atoms with Gasteiger partial charge >= 0.3 is 6.09 Å². The molecule has 0 amide bonds. The first kappa shape index (κ1) is 20.8. The molecule has 1 heterocycles. The van der Waals surface area contributed by atoms with Crippen LogP contribution in [0.5, 0.6) is 0 Å². The van der Waals surface area contributed by atoms with Crippen molar-refractivity contribution in [3.8, 4) is 0 Å². The average Bonchev–Trinajstić information content (AvgIpc) is 3.17. The highest BCUT2D eigenvalue weighted by molar-refractivity contribution is 5.71. The Hall–Kier alpha value is -2.88. The zero-order chi connectivity index (χ0) is 21.2. The number of rotatable bonds is 4. The Balaban J connectivity index is 1.73. The molecule has 1 aromatic heterocycles. The lowest BCUT2D eigenvalue weighted by Crippen LogP contribution is -2.18. The Morgan fingerprint density at radius 1 is 1.10 bits per heavy atom. The normalized spacial score (nSPS) is 12.6. The Kier molecular flexibility index (Phi) is 5.92. The van der Waals surface area contributed by atoms with Crippen LogP contribution < -0.4 is 0 Å². The fourth-order valence-electron chi connectivity index (χ4n) is 3.49. The number of nitrogens with zero attached hydrogens (tertiary/aromatic N) is 2. The van der Waals surface area contributed by atoms with Crippen LogP contribution in [0.3, 0.4) is 0 Å². The lowest BCUT2D eigenvalue weighted by Gasteiger charge is -2.19. The molecule has 0 saturated carbocycles. The van der Waals surface area contributed by atoms with Crippen molar-refractivity contribution in [3.05, 3.63) is 88.5 Å². The van der Waals surface area contributed by atoms with Crippen LogP contribution in [-0.4, -0.2) is 15.6 Å². The van der Waals surface area contributed by atoms with Gasteiger partial charge in [0.2, 0.25) is 0 Å². The van der Waals surface area contributed by atoms with E-state index in [4.69, 9.17) is 4.74 Å². The minimum absolute atomic E-state index is 0.0106. The highest BCUT2D eigenvalue weighted by atomic mass is 16.5. The second kappa shape index (κ2) is 8.24. The van der Waals surface area contributed by atoms with Gasteiger partial charge in [0.1, 0.15) is 12.4 Å². The molecular formula is C25H30N2O2. The fraction of sp³-hybridized carbons (Fsp3) is 0.360. The Morgan fingerprint density at radius 3 is 2.45 bits per heavy atom. The number of aryl methyl sites for hydroxylation is 1. The summed E-state index contributed by atoms with van der Waals surface area (Å²) in [6.07, 6.45) is 2.91. The third-order valence-electron chi connectivity index (χ3n) is 5.55. The van der Waals surface area contributed by atoms with Crippen molar-refractivity contribution in [2.45, 2.75) is 59.5 Å². The third-order valence-corrected chi connectivity index (χ3v) is 5.55. The smallest absolute Gasteiger partial charge is 0.419 e. The molecule has 3 rings (SSSR count). The maximum atomic E-state index is 12.7. The molecule has 2 aromatic carbocycles. The number of hydrogen-bond donors (Lipinski definition) is 0. The molecule has 4 heteroatoms. The van der Waals surface area contributed by atoms with E-state index in [0.29, 0.717) is 5.82 Å². The second-order valence-corrected chi connectivity index (χ2v) is 8.67. The number of imidazole rings is 1. The van der Waals surface area contributed by atoms with Gasteiger partial charge in [-0.15, -0.1) is 0 Å². The number of carbonyl (C=O) groups is 1. The van der Waals surface area contributed by atoms with Gasteiger partial charge in [-0.2, -0.15) is 0 Å². The van der Waals surface area contributed by atoms with E-state index in [1.165, 1.54) is 26.8 Å². The first-order valence-corrected chi connectivity index (χ1v) is 10.0. The van der Waals surface area contributed by atoms with E-state index in [0.717, 1.165) is 5.56 Å². The Bertz CT molecular complexity index is 994. The molecule has 0 bridgehead atoms. The Morgan fingerprint density at radius 2 is 1.79 bits per heavy atom. The molecule has 0 N–H and O–H groups in total. The molecule has 0 spiro atoms. The highest BCUT2D eigenvalue weighted by Crippen LogP contribution is 2.27. The molecule has 3 aromatic rings. The number of hydrogen-bond acceptors (Lipinski definition) is 3. The average molecular weight is 391 g/mol. The molecular weight excluding hydrogens is 360 g/mol.